The van der Waals surface area contributed by atoms with Crippen LogP contribution < -0.4 is 16.0 Å². The summed E-state index contributed by atoms with van der Waals surface area (Å²) in [6.07, 6.45) is -1.03. The molecule has 0 radical (unpaired) electrons. The molecule has 0 fully saturated rings. The van der Waals surface area contributed by atoms with Crippen molar-refractivity contribution in [2.24, 2.45) is 5.11 Å². The van der Waals surface area contributed by atoms with Crippen LogP contribution in [0.1, 0.15) is 31.7 Å². The minimum atomic E-state index is -1.43. The van der Waals surface area contributed by atoms with Gasteiger partial charge in [-0.25, -0.2) is 0 Å². The maximum Gasteiger partial charge on any atom is 0.306 e. The van der Waals surface area contributed by atoms with E-state index in [0.717, 1.165) is 5.56 Å². The lowest BCUT2D eigenvalue weighted by atomic mass is 10.1. The molecule has 0 aliphatic heterocycles. The van der Waals surface area contributed by atoms with Crippen molar-refractivity contribution in [3.8, 4) is 0 Å². The van der Waals surface area contributed by atoms with Crippen LogP contribution in [-0.4, -0.2) is 86.4 Å². The van der Waals surface area contributed by atoms with Crippen LogP contribution in [0.25, 0.3) is 10.4 Å². The number of ether oxygens (including phenoxy) is 3. The third-order valence-corrected chi connectivity index (χ3v) is 4.90. The molecule has 39 heavy (non-hydrogen) atoms. The fraction of sp³-hybridized carbons (Fsp3) is 0.542. The second kappa shape index (κ2) is 19.9. The highest BCUT2D eigenvalue weighted by Crippen LogP contribution is 2.06. The number of carbonyl (C=O) groups is 5. The molecule has 0 aliphatic carbocycles. The Morgan fingerprint density at radius 2 is 1.67 bits per heavy atom. The number of carboxylic acid groups (broad SMARTS) is 1. The smallest absolute Gasteiger partial charge is 0.306 e. The second-order valence-corrected chi connectivity index (χ2v) is 8.07. The van der Waals surface area contributed by atoms with E-state index in [-0.39, 0.29) is 59.0 Å². The second-order valence-electron chi connectivity index (χ2n) is 8.07. The first-order valence-electron chi connectivity index (χ1n) is 12.2. The van der Waals surface area contributed by atoms with Gasteiger partial charge in [0.15, 0.2) is 0 Å². The molecular weight excluding hydrogens is 516 g/mol. The molecule has 0 bridgehead atoms. The topological polar surface area (TPSA) is 218 Å². The molecule has 1 aromatic rings. The van der Waals surface area contributed by atoms with Gasteiger partial charge in [0.05, 0.1) is 32.8 Å². The number of hydrogen-bond donors (Lipinski definition) is 4. The fourth-order valence-corrected chi connectivity index (χ4v) is 3.08. The Balaban J connectivity index is 2.53. The van der Waals surface area contributed by atoms with Gasteiger partial charge < -0.3 is 35.3 Å². The number of nitrogens with one attached hydrogen (secondary N) is 3. The Morgan fingerprint density at radius 3 is 2.31 bits per heavy atom. The van der Waals surface area contributed by atoms with E-state index in [4.69, 9.17) is 19.7 Å². The zero-order valence-electron chi connectivity index (χ0n) is 21.7. The molecule has 4 N–H and O–H groups in total. The molecule has 0 unspecified atom stereocenters. The molecule has 3 amide bonds. The third kappa shape index (κ3) is 16.3. The van der Waals surface area contributed by atoms with Crippen molar-refractivity contribution < 1.29 is 43.3 Å². The molecule has 1 rings (SSSR count). The summed E-state index contributed by atoms with van der Waals surface area (Å²) in [5.41, 5.74) is 8.94. The van der Waals surface area contributed by atoms with Gasteiger partial charge in [0.1, 0.15) is 18.7 Å². The van der Waals surface area contributed by atoms with Crippen LogP contribution in [0, 0.1) is 0 Å². The van der Waals surface area contributed by atoms with Crippen LogP contribution in [0.4, 0.5) is 0 Å². The first-order valence-corrected chi connectivity index (χ1v) is 12.2. The molecule has 214 valence electrons. The summed E-state index contributed by atoms with van der Waals surface area (Å²) in [7, 11) is 0. The first-order chi connectivity index (χ1) is 18.7. The van der Waals surface area contributed by atoms with Crippen molar-refractivity contribution in [1.82, 2.24) is 16.0 Å². The lowest BCUT2D eigenvalue weighted by molar-refractivity contribution is -0.145. The van der Waals surface area contributed by atoms with Crippen molar-refractivity contribution in [1.29, 1.82) is 0 Å². The summed E-state index contributed by atoms with van der Waals surface area (Å²) in [5, 5.41) is 19.7. The molecule has 0 aromatic heterocycles. The monoisotopic (exact) mass is 550 g/mol. The van der Waals surface area contributed by atoms with Crippen molar-refractivity contribution in [2.75, 3.05) is 39.5 Å². The lowest BCUT2D eigenvalue weighted by Gasteiger charge is -2.22. The number of nitrogens with zero attached hydrogens (tertiary/aromatic N) is 3. The zero-order chi connectivity index (χ0) is 28.9. The van der Waals surface area contributed by atoms with E-state index in [1.54, 1.807) is 24.3 Å². The highest BCUT2D eigenvalue weighted by Gasteiger charge is 2.28. The molecule has 0 saturated carbocycles. The van der Waals surface area contributed by atoms with Crippen molar-refractivity contribution >= 4 is 29.7 Å². The summed E-state index contributed by atoms with van der Waals surface area (Å²) in [6.45, 7) is 2.27. The number of amides is 3. The van der Waals surface area contributed by atoms with Crippen molar-refractivity contribution in [3.63, 3.8) is 0 Å². The van der Waals surface area contributed by atoms with Gasteiger partial charge in [-0.1, -0.05) is 35.4 Å². The van der Waals surface area contributed by atoms with E-state index in [9.17, 15) is 29.1 Å². The van der Waals surface area contributed by atoms with Gasteiger partial charge in [-0.05, 0) is 17.5 Å². The predicted octanol–water partition coefficient (Wildman–Crippen LogP) is 0.434. The number of hydrogen-bond acceptors (Lipinski definition) is 9. The number of esters is 1. The molecule has 15 nitrogen and oxygen atoms in total. The standard InChI is InChI=1S/C24H34N6O9/c1-17(31)28-19(7-8-22(34)39-16-18-5-3-2-4-6-18)24(36)29-20(15-21(32)33)23(35)26-9-11-37-13-14-38-12-10-27-30-25/h2-6,19-20H,7-16H2,1H3,(H,26,35)(H,28,31)(H,29,36)(H,32,33)/t19-,20-/m0/s1. The minimum absolute atomic E-state index is 0.0337. The van der Waals surface area contributed by atoms with Gasteiger partial charge in [0, 0.05) is 31.3 Å². The van der Waals surface area contributed by atoms with E-state index < -0.39 is 48.2 Å². The zero-order valence-corrected chi connectivity index (χ0v) is 21.7. The van der Waals surface area contributed by atoms with Crippen LogP contribution in [-0.2, 0) is 44.8 Å². The highest BCUT2D eigenvalue weighted by molar-refractivity contribution is 5.93. The molecular formula is C24H34N6O9. The summed E-state index contributed by atoms with van der Waals surface area (Å²) in [6, 6.07) is 6.36. The molecule has 0 saturated heterocycles. The Kier molecular flexibility index (Phi) is 16.7. The van der Waals surface area contributed by atoms with Gasteiger partial charge in [0.2, 0.25) is 17.7 Å². The summed E-state index contributed by atoms with van der Waals surface area (Å²) in [5.74, 6) is -4.06. The molecule has 0 aliphatic rings. The van der Waals surface area contributed by atoms with Gasteiger partial charge in [0.25, 0.3) is 0 Å². The van der Waals surface area contributed by atoms with E-state index in [2.05, 4.69) is 26.0 Å². The summed E-state index contributed by atoms with van der Waals surface area (Å²) in [4.78, 5) is 62.9. The van der Waals surface area contributed by atoms with Gasteiger partial charge in [-0.15, -0.1) is 0 Å². The Labute approximate surface area is 225 Å². The maximum absolute atomic E-state index is 12.8. The quantitative estimate of drug-likeness (QED) is 0.0581. The lowest BCUT2D eigenvalue weighted by Crippen LogP contribution is -2.54. The molecule has 2 atom stereocenters. The average Bonchev–Trinajstić information content (AvgIpc) is 2.90. The van der Waals surface area contributed by atoms with E-state index >= 15 is 0 Å². The van der Waals surface area contributed by atoms with E-state index in [1.807, 2.05) is 6.07 Å². The number of carbonyl (C=O) groups excluding carboxylic acids is 4. The number of carboxylic acids is 1. The predicted molar refractivity (Wildman–Crippen MR) is 136 cm³/mol. The van der Waals surface area contributed by atoms with Crippen LogP contribution in [0.2, 0.25) is 0 Å². The van der Waals surface area contributed by atoms with Crippen LogP contribution in [0.5, 0.6) is 0 Å². The Morgan fingerprint density at radius 1 is 0.974 bits per heavy atom. The van der Waals surface area contributed by atoms with E-state index in [0.29, 0.717) is 0 Å². The summed E-state index contributed by atoms with van der Waals surface area (Å²) >= 11 is 0. The van der Waals surface area contributed by atoms with Crippen molar-refractivity contribution in [2.45, 2.75) is 44.9 Å². The number of azide groups is 1. The highest BCUT2D eigenvalue weighted by atomic mass is 16.5. The Bertz CT molecular complexity index is 986. The average molecular weight is 551 g/mol. The SMILES string of the molecule is CC(=O)N[C@@H](CCC(=O)OCc1ccccc1)C(=O)N[C@@H](CC(=O)O)C(=O)NCCOCCOCCN=[N+]=[N-]. The third-order valence-electron chi connectivity index (χ3n) is 4.90. The van der Waals surface area contributed by atoms with Crippen LogP contribution in [0.15, 0.2) is 35.4 Å². The van der Waals surface area contributed by atoms with Crippen LogP contribution >= 0.6 is 0 Å². The normalized spacial score (nSPS) is 11.8. The van der Waals surface area contributed by atoms with Gasteiger partial charge in [-0.2, -0.15) is 0 Å². The summed E-state index contributed by atoms with van der Waals surface area (Å²) < 4.78 is 15.6. The molecule has 0 heterocycles. The fourth-order valence-electron chi connectivity index (χ4n) is 3.08. The van der Waals surface area contributed by atoms with Crippen molar-refractivity contribution in [3.05, 3.63) is 46.3 Å². The molecule has 1 aromatic carbocycles. The molecule has 0 spiro atoms. The number of rotatable bonds is 20. The first kappa shape index (κ1) is 32.8. The molecule has 15 heteroatoms. The van der Waals surface area contributed by atoms with Gasteiger partial charge >= 0.3 is 11.9 Å². The minimum Gasteiger partial charge on any atom is -0.481 e. The number of benzene rings is 1. The van der Waals surface area contributed by atoms with Crippen LogP contribution in [0.3, 0.4) is 0 Å². The van der Waals surface area contributed by atoms with Gasteiger partial charge in [-0.3, -0.25) is 24.0 Å². The Hall–Kier alpha value is -4.20. The largest absolute Gasteiger partial charge is 0.481 e. The number of aliphatic carboxylic acids is 1. The maximum atomic E-state index is 12.8. The van der Waals surface area contributed by atoms with E-state index in [1.165, 1.54) is 6.92 Å².